The Hall–Kier alpha value is -2.21. The Morgan fingerprint density at radius 2 is 2.05 bits per heavy atom. The summed E-state index contributed by atoms with van der Waals surface area (Å²) >= 11 is 1.47. The summed E-state index contributed by atoms with van der Waals surface area (Å²) in [7, 11) is 1.24. The third-order valence-electron chi connectivity index (χ3n) is 2.62. The average molecular weight is 277 g/mol. The molecule has 2 aromatic rings. The van der Waals surface area contributed by atoms with E-state index in [4.69, 9.17) is 0 Å². The van der Waals surface area contributed by atoms with Crippen LogP contribution in [-0.4, -0.2) is 18.0 Å². The van der Waals surface area contributed by atoms with Crippen LogP contribution in [-0.2, 0) is 4.74 Å². The smallest absolute Gasteiger partial charge is 0.338 e. The van der Waals surface area contributed by atoms with E-state index in [1.807, 2.05) is 19.1 Å². The monoisotopic (exact) mass is 277 g/mol. The zero-order valence-electron chi connectivity index (χ0n) is 10.4. The van der Waals surface area contributed by atoms with E-state index in [1.165, 1.54) is 30.6 Å². The molecule has 6 heteroatoms. The van der Waals surface area contributed by atoms with Gasteiger partial charge >= 0.3 is 5.97 Å². The zero-order chi connectivity index (χ0) is 14.0. The summed E-state index contributed by atoms with van der Waals surface area (Å²) in [5, 5.41) is 11.1. The Kier molecular flexibility index (Phi) is 3.62. The number of nitrogens with zero attached hydrogens (tertiary/aromatic N) is 1. The van der Waals surface area contributed by atoms with Crippen molar-refractivity contribution in [2.75, 3.05) is 7.11 Å². The number of hydrogen-bond donors (Lipinski definition) is 0. The molecule has 0 bridgehead atoms. The third-order valence-corrected chi connectivity index (χ3v) is 3.66. The topological polar surface area (TPSA) is 69.4 Å². The van der Waals surface area contributed by atoms with Crippen molar-refractivity contribution >= 4 is 23.0 Å². The molecule has 0 radical (unpaired) electrons. The number of thiophene rings is 1. The van der Waals surface area contributed by atoms with Crippen molar-refractivity contribution in [3.63, 3.8) is 0 Å². The molecule has 0 amide bonds. The van der Waals surface area contributed by atoms with E-state index in [-0.39, 0.29) is 11.3 Å². The molecule has 98 valence electrons. The first-order valence-electron chi connectivity index (χ1n) is 5.46. The van der Waals surface area contributed by atoms with Gasteiger partial charge in [0.15, 0.2) is 0 Å². The first-order valence-corrected chi connectivity index (χ1v) is 6.28. The van der Waals surface area contributed by atoms with Crippen LogP contribution >= 0.6 is 11.3 Å². The van der Waals surface area contributed by atoms with Crippen LogP contribution in [0.5, 0.6) is 0 Å². The van der Waals surface area contributed by atoms with Crippen LogP contribution in [0.15, 0.2) is 30.3 Å². The van der Waals surface area contributed by atoms with Crippen molar-refractivity contribution in [3.8, 4) is 10.4 Å². The van der Waals surface area contributed by atoms with Crippen molar-refractivity contribution in [1.29, 1.82) is 0 Å². The Bertz CT molecular complexity index is 648. The van der Waals surface area contributed by atoms with Crippen molar-refractivity contribution < 1.29 is 14.5 Å². The Morgan fingerprint density at radius 1 is 1.32 bits per heavy atom. The summed E-state index contributed by atoms with van der Waals surface area (Å²) in [6, 6.07) is 8.09. The second kappa shape index (κ2) is 5.19. The lowest BCUT2D eigenvalue weighted by Crippen LogP contribution is -2.02. The second-order valence-electron chi connectivity index (χ2n) is 3.89. The molecule has 19 heavy (non-hydrogen) atoms. The lowest BCUT2D eigenvalue weighted by molar-refractivity contribution is -0.384. The number of methoxy groups -OCH3 is 1. The highest BCUT2D eigenvalue weighted by atomic mass is 32.1. The van der Waals surface area contributed by atoms with Gasteiger partial charge in [-0.25, -0.2) is 4.79 Å². The van der Waals surface area contributed by atoms with Gasteiger partial charge in [-0.3, -0.25) is 10.1 Å². The molecule has 0 atom stereocenters. The summed E-state index contributed by atoms with van der Waals surface area (Å²) in [6.07, 6.45) is 0. The molecule has 0 aliphatic heterocycles. The number of benzene rings is 1. The quantitative estimate of drug-likeness (QED) is 0.489. The molecule has 0 spiro atoms. The molecule has 1 aromatic carbocycles. The number of nitro groups is 1. The van der Waals surface area contributed by atoms with Crippen LogP contribution in [0.4, 0.5) is 5.69 Å². The number of carbonyl (C=O) groups is 1. The molecule has 0 aliphatic carbocycles. The predicted molar refractivity (Wildman–Crippen MR) is 72.5 cm³/mol. The Morgan fingerprint density at radius 3 is 2.58 bits per heavy atom. The van der Waals surface area contributed by atoms with Gasteiger partial charge in [-0.1, -0.05) is 0 Å². The highest BCUT2D eigenvalue weighted by Gasteiger charge is 2.19. The fourth-order valence-corrected chi connectivity index (χ4v) is 2.62. The lowest BCUT2D eigenvalue weighted by atomic mass is 10.1. The lowest BCUT2D eigenvalue weighted by Gasteiger charge is -2.03. The summed E-state index contributed by atoms with van der Waals surface area (Å²) in [5.74, 6) is -0.586. The highest BCUT2D eigenvalue weighted by Crippen LogP contribution is 2.35. The standard InChI is InChI=1S/C13H11NO4S/c1-8-3-6-12(19-8)10-5-4-9(13(15)18-2)7-11(10)14(16)17/h3-7H,1-2H3. The largest absolute Gasteiger partial charge is 0.465 e. The normalized spacial score (nSPS) is 10.2. The number of ether oxygens (including phenoxy) is 1. The molecule has 0 aliphatic rings. The molecule has 0 N–H and O–H groups in total. The van der Waals surface area contributed by atoms with E-state index < -0.39 is 10.9 Å². The minimum absolute atomic E-state index is 0.0928. The van der Waals surface area contributed by atoms with E-state index in [0.717, 1.165) is 9.75 Å². The van der Waals surface area contributed by atoms with E-state index >= 15 is 0 Å². The van der Waals surface area contributed by atoms with Crippen LogP contribution in [0.25, 0.3) is 10.4 Å². The van der Waals surface area contributed by atoms with Gasteiger partial charge in [0, 0.05) is 15.8 Å². The molecule has 2 rings (SSSR count). The van der Waals surface area contributed by atoms with Gasteiger partial charge in [0.2, 0.25) is 0 Å². The molecule has 5 nitrogen and oxygen atoms in total. The van der Waals surface area contributed by atoms with Gasteiger partial charge in [0.05, 0.1) is 23.2 Å². The zero-order valence-corrected chi connectivity index (χ0v) is 11.2. The van der Waals surface area contributed by atoms with E-state index in [9.17, 15) is 14.9 Å². The van der Waals surface area contributed by atoms with Crippen molar-refractivity contribution in [3.05, 3.63) is 50.9 Å². The highest BCUT2D eigenvalue weighted by molar-refractivity contribution is 7.15. The maximum absolute atomic E-state index is 11.4. The SMILES string of the molecule is COC(=O)c1ccc(-c2ccc(C)s2)c([N+](=O)[O-])c1. The molecule has 1 aromatic heterocycles. The van der Waals surface area contributed by atoms with Crippen molar-refractivity contribution in [1.82, 2.24) is 0 Å². The van der Waals surface area contributed by atoms with Gasteiger partial charge in [-0.15, -0.1) is 11.3 Å². The van der Waals surface area contributed by atoms with Gasteiger partial charge in [-0.05, 0) is 31.2 Å². The second-order valence-corrected chi connectivity index (χ2v) is 5.18. The Labute approximate surface area is 113 Å². The van der Waals surface area contributed by atoms with Gasteiger partial charge in [-0.2, -0.15) is 0 Å². The maximum atomic E-state index is 11.4. The van der Waals surface area contributed by atoms with Crippen LogP contribution in [0.1, 0.15) is 15.2 Å². The number of hydrogen-bond acceptors (Lipinski definition) is 5. The summed E-state index contributed by atoms with van der Waals surface area (Å²) in [4.78, 5) is 23.9. The van der Waals surface area contributed by atoms with Crippen molar-refractivity contribution in [2.45, 2.75) is 6.92 Å². The van der Waals surface area contributed by atoms with Crippen LogP contribution < -0.4 is 0 Å². The van der Waals surface area contributed by atoms with Crippen molar-refractivity contribution in [2.24, 2.45) is 0 Å². The minimum Gasteiger partial charge on any atom is -0.465 e. The minimum atomic E-state index is -0.586. The van der Waals surface area contributed by atoms with E-state index in [0.29, 0.717) is 5.56 Å². The summed E-state index contributed by atoms with van der Waals surface area (Å²) in [5.41, 5.74) is 0.590. The predicted octanol–water partition coefficient (Wildman–Crippen LogP) is 3.42. The maximum Gasteiger partial charge on any atom is 0.338 e. The molecule has 0 saturated carbocycles. The Balaban J connectivity index is 2.56. The fraction of sp³-hybridized carbons (Fsp3) is 0.154. The number of carbonyl (C=O) groups excluding carboxylic acids is 1. The van der Waals surface area contributed by atoms with Gasteiger partial charge in [0.25, 0.3) is 5.69 Å². The molecule has 1 heterocycles. The molecule has 0 fully saturated rings. The number of aryl methyl sites for hydroxylation is 1. The van der Waals surface area contributed by atoms with Gasteiger partial charge < -0.3 is 4.74 Å². The summed E-state index contributed by atoms with van der Waals surface area (Å²) in [6.45, 7) is 1.93. The molecular formula is C13H11NO4S. The number of esters is 1. The van der Waals surface area contributed by atoms with Crippen LogP contribution in [0.2, 0.25) is 0 Å². The van der Waals surface area contributed by atoms with E-state index in [2.05, 4.69) is 4.74 Å². The number of rotatable bonds is 3. The molecular weight excluding hydrogens is 266 g/mol. The van der Waals surface area contributed by atoms with E-state index in [1.54, 1.807) is 6.07 Å². The summed E-state index contributed by atoms with van der Waals surface area (Å²) < 4.78 is 4.56. The van der Waals surface area contributed by atoms with Gasteiger partial charge in [0.1, 0.15) is 0 Å². The first-order chi connectivity index (χ1) is 9.02. The molecule has 0 saturated heterocycles. The fourth-order valence-electron chi connectivity index (χ4n) is 1.72. The number of nitro benzene ring substituents is 1. The molecule has 0 unspecified atom stereocenters. The van der Waals surface area contributed by atoms with Crippen LogP contribution in [0, 0.1) is 17.0 Å². The van der Waals surface area contributed by atoms with Crippen LogP contribution in [0.3, 0.4) is 0 Å². The first kappa shape index (κ1) is 13.2. The third kappa shape index (κ3) is 2.63. The average Bonchev–Trinajstić information content (AvgIpc) is 2.83.